The molecule has 2 amide bonds. The molecule has 1 fully saturated rings. The highest BCUT2D eigenvalue weighted by Gasteiger charge is 2.40. The maximum absolute atomic E-state index is 13.7. The van der Waals surface area contributed by atoms with Gasteiger partial charge in [0.1, 0.15) is 6.04 Å². The van der Waals surface area contributed by atoms with Gasteiger partial charge >= 0.3 is 0 Å². The van der Waals surface area contributed by atoms with Gasteiger partial charge in [-0.05, 0) is 110 Å². The Morgan fingerprint density at radius 1 is 1.09 bits per heavy atom. The third-order valence-electron chi connectivity index (χ3n) is 8.46. The second-order valence-corrected chi connectivity index (χ2v) is 13.9. The average molecular weight is 638 g/mol. The normalized spacial score (nSPS) is 18.8. The number of rotatable bonds is 11. The van der Waals surface area contributed by atoms with Gasteiger partial charge in [-0.1, -0.05) is 29.8 Å². The van der Waals surface area contributed by atoms with E-state index in [0.717, 1.165) is 55.1 Å². The second kappa shape index (κ2) is 14.2. The van der Waals surface area contributed by atoms with Crippen LogP contribution in [-0.4, -0.2) is 55.2 Å². The largest absolute Gasteiger partial charge is 0.353 e. The van der Waals surface area contributed by atoms with Gasteiger partial charge in [0.25, 0.3) is 0 Å². The molecule has 2 atom stereocenters. The monoisotopic (exact) mass is 637 g/mol. The number of halogens is 1. The first-order chi connectivity index (χ1) is 21.1. The Morgan fingerprint density at radius 3 is 2.68 bits per heavy atom. The van der Waals surface area contributed by atoms with Gasteiger partial charge in [-0.25, -0.2) is 8.42 Å². The van der Waals surface area contributed by atoms with Crippen molar-refractivity contribution >= 4 is 33.4 Å². The van der Waals surface area contributed by atoms with E-state index in [1.807, 2.05) is 12.1 Å². The number of carbonyl (C=O) groups excluding carboxylic acids is 2. The number of nitrogens with one attached hydrogen (secondary N) is 3. The first kappa shape index (κ1) is 32.1. The summed E-state index contributed by atoms with van der Waals surface area (Å²) in [6.45, 7) is 5.42. The molecule has 1 saturated heterocycles. The third-order valence-corrected chi connectivity index (χ3v) is 10.9. The topological polar surface area (TPSA) is 121 Å². The van der Waals surface area contributed by atoms with Crippen LogP contribution in [0, 0.1) is 13.8 Å². The average Bonchev–Trinajstić information content (AvgIpc) is 3.00. The summed E-state index contributed by atoms with van der Waals surface area (Å²) in [4.78, 5) is 30.4. The van der Waals surface area contributed by atoms with Gasteiger partial charge in [-0.2, -0.15) is 4.31 Å². The molecule has 1 aromatic heterocycles. The van der Waals surface area contributed by atoms with E-state index in [9.17, 15) is 18.0 Å². The third kappa shape index (κ3) is 7.48. The minimum atomic E-state index is -4.05. The number of amides is 2. The van der Waals surface area contributed by atoms with Crippen molar-refractivity contribution < 1.29 is 18.0 Å². The van der Waals surface area contributed by atoms with Crippen LogP contribution in [0.1, 0.15) is 65.1 Å². The molecule has 3 N–H and O–H groups in total. The van der Waals surface area contributed by atoms with Crippen LogP contribution >= 0.6 is 11.6 Å². The minimum Gasteiger partial charge on any atom is -0.353 e. The molecule has 11 heteroatoms. The van der Waals surface area contributed by atoms with Crippen molar-refractivity contribution in [1.29, 1.82) is 0 Å². The molecule has 0 saturated carbocycles. The first-order valence-electron chi connectivity index (χ1n) is 15.2. The SMILES string of the molecule is Cc1cc(S(=O)(=O)N2CCNC(=O)C2CC(=O)N[C@@H]2CCCc3cc(CCCNCc4ccncc4)ccc32)c(C)cc1Cl. The van der Waals surface area contributed by atoms with Crippen molar-refractivity contribution in [3.63, 3.8) is 0 Å². The summed E-state index contributed by atoms with van der Waals surface area (Å²) < 4.78 is 28.6. The molecule has 1 aliphatic carbocycles. The molecule has 234 valence electrons. The number of sulfonamides is 1. The van der Waals surface area contributed by atoms with E-state index in [-0.39, 0.29) is 36.4 Å². The highest BCUT2D eigenvalue weighted by Crippen LogP contribution is 2.32. The van der Waals surface area contributed by atoms with Crippen molar-refractivity contribution in [1.82, 2.24) is 25.2 Å². The molecule has 2 heterocycles. The maximum Gasteiger partial charge on any atom is 0.244 e. The summed E-state index contributed by atoms with van der Waals surface area (Å²) in [7, 11) is -4.05. The lowest BCUT2D eigenvalue weighted by Crippen LogP contribution is -2.58. The Bertz CT molecular complexity index is 1620. The predicted octanol–water partition coefficient (Wildman–Crippen LogP) is 4.15. The van der Waals surface area contributed by atoms with E-state index in [4.69, 9.17) is 11.6 Å². The van der Waals surface area contributed by atoms with Crippen LogP contribution in [0.4, 0.5) is 0 Å². The highest BCUT2D eigenvalue weighted by atomic mass is 35.5. The van der Waals surface area contributed by atoms with E-state index in [0.29, 0.717) is 16.1 Å². The number of aryl methyl sites for hydroxylation is 4. The van der Waals surface area contributed by atoms with Gasteiger partial charge in [-0.3, -0.25) is 14.6 Å². The Kier molecular flexibility index (Phi) is 10.4. The fourth-order valence-electron chi connectivity index (χ4n) is 6.09. The van der Waals surface area contributed by atoms with E-state index in [1.165, 1.54) is 22.8 Å². The summed E-state index contributed by atoms with van der Waals surface area (Å²) in [6.07, 6.45) is 8.00. The molecular weight excluding hydrogens is 598 g/mol. The summed E-state index contributed by atoms with van der Waals surface area (Å²) in [5.74, 6) is -0.819. The molecule has 3 aromatic rings. The van der Waals surface area contributed by atoms with E-state index < -0.39 is 22.0 Å². The standard InChI is InChI=1S/C33H40ClN5O4S/c1-22-18-31(23(2)17-28(22)34)44(42,43)39-16-15-37-33(41)30(39)20-32(40)38-29-7-3-6-26-19-24(8-9-27(26)29)5-4-12-36-21-25-10-13-35-14-11-25/h8-11,13-14,17-19,29-30,36H,3-7,12,15-16,20-21H2,1-2H3,(H,37,41)(H,38,40)/t29-,30?/m1/s1. The Labute approximate surface area is 264 Å². The summed E-state index contributed by atoms with van der Waals surface area (Å²) in [5, 5.41) is 9.79. The lowest BCUT2D eigenvalue weighted by molar-refractivity contribution is -0.132. The summed E-state index contributed by atoms with van der Waals surface area (Å²) >= 11 is 6.20. The predicted molar refractivity (Wildman–Crippen MR) is 171 cm³/mol. The zero-order valence-electron chi connectivity index (χ0n) is 25.2. The molecule has 2 aliphatic rings. The van der Waals surface area contributed by atoms with Crippen molar-refractivity contribution in [2.24, 2.45) is 0 Å². The maximum atomic E-state index is 13.7. The van der Waals surface area contributed by atoms with Crippen LogP contribution in [-0.2, 0) is 39.0 Å². The van der Waals surface area contributed by atoms with E-state index in [1.54, 1.807) is 32.3 Å². The second-order valence-electron chi connectivity index (χ2n) is 11.7. The van der Waals surface area contributed by atoms with Gasteiger partial charge in [0.2, 0.25) is 21.8 Å². The van der Waals surface area contributed by atoms with Crippen molar-refractivity contribution in [3.05, 3.63) is 93.3 Å². The van der Waals surface area contributed by atoms with Crippen LogP contribution in [0.2, 0.25) is 5.02 Å². The summed E-state index contributed by atoms with van der Waals surface area (Å²) in [6, 6.07) is 12.3. The zero-order valence-corrected chi connectivity index (χ0v) is 26.8. The number of benzene rings is 2. The number of aromatic nitrogens is 1. The lowest BCUT2D eigenvalue weighted by atomic mass is 9.86. The summed E-state index contributed by atoms with van der Waals surface area (Å²) in [5.41, 5.74) is 5.93. The van der Waals surface area contributed by atoms with Crippen LogP contribution in [0.5, 0.6) is 0 Å². The molecular formula is C33H40ClN5O4S. The van der Waals surface area contributed by atoms with Crippen molar-refractivity contribution in [2.75, 3.05) is 19.6 Å². The molecule has 44 heavy (non-hydrogen) atoms. The van der Waals surface area contributed by atoms with Gasteiger partial charge < -0.3 is 16.0 Å². The minimum absolute atomic E-state index is 0.0848. The molecule has 9 nitrogen and oxygen atoms in total. The molecule has 0 bridgehead atoms. The van der Waals surface area contributed by atoms with Gasteiger partial charge in [0.15, 0.2) is 0 Å². The van der Waals surface area contributed by atoms with E-state index in [2.05, 4.69) is 39.1 Å². The molecule has 5 rings (SSSR count). The van der Waals surface area contributed by atoms with Crippen LogP contribution in [0.3, 0.4) is 0 Å². The van der Waals surface area contributed by atoms with Crippen LogP contribution in [0.25, 0.3) is 0 Å². The smallest absolute Gasteiger partial charge is 0.244 e. The van der Waals surface area contributed by atoms with Crippen molar-refractivity contribution in [3.8, 4) is 0 Å². The molecule has 1 unspecified atom stereocenters. The van der Waals surface area contributed by atoms with E-state index >= 15 is 0 Å². The zero-order chi connectivity index (χ0) is 31.3. The molecule has 2 aromatic carbocycles. The molecule has 0 spiro atoms. The molecule has 1 aliphatic heterocycles. The number of hydrogen-bond acceptors (Lipinski definition) is 6. The Morgan fingerprint density at radius 2 is 1.89 bits per heavy atom. The number of nitrogens with zero attached hydrogens (tertiary/aromatic N) is 2. The highest BCUT2D eigenvalue weighted by molar-refractivity contribution is 7.89. The number of piperazine rings is 1. The number of hydrogen-bond donors (Lipinski definition) is 3. The number of carbonyl (C=O) groups is 2. The van der Waals surface area contributed by atoms with Gasteiger partial charge in [-0.15, -0.1) is 0 Å². The van der Waals surface area contributed by atoms with Gasteiger partial charge in [0, 0.05) is 37.1 Å². The fourth-order valence-corrected chi connectivity index (χ4v) is 8.19. The van der Waals surface area contributed by atoms with Crippen LogP contribution in [0.15, 0.2) is 59.8 Å². The van der Waals surface area contributed by atoms with Crippen molar-refractivity contribution in [2.45, 2.75) is 75.9 Å². The van der Waals surface area contributed by atoms with Crippen LogP contribution < -0.4 is 16.0 Å². The number of fused-ring (bicyclic) bond motifs is 1. The molecule has 0 radical (unpaired) electrons. The quantitative estimate of drug-likeness (QED) is 0.272. The Hall–Kier alpha value is -3.31. The lowest BCUT2D eigenvalue weighted by Gasteiger charge is -2.34. The number of pyridine rings is 1. The first-order valence-corrected chi connectivity index (χ1v) is 17.0. The fraction of sp³-hybridized carbons (Fsp3) is 0.424. The Balaban J connectivity index is 1.21. The van der Waals surface area contributed by atoms with Gasteiger partial charge in [0.05, 0.1) is 17.4 Å².